The first-order valence-electron chi connectivity index (χ1n) is 12.1. The van der Waals surface area contributed by atoms with Crippen LogP contribution in [0.25, 0.3) is 23.1 Å². The Morgan fingerprint density at radius 2 is 1.92 bits per heavy atom. The molecule has 1 fully saturated rings. The molecule has 8 nitrogen and oxygen atoms in total. The van der Waals surface area contributed by atoms with E-state index in [9.17, 15) is 23.2 Å². The standard InChI is InChI=1S/C28H23F2N5O3/c29-28(30)13-20(14-31)35(16-28)26(37)15-33-27(38)21-9-10-32-24-7-4-18(12-22(21)24)2-1-17-3-6-23-19(11-17)5-8-25(36)34-23/h1-4,6-7,9-12,20H,5,8,13,15-16H2,(H,33,38)(H,34,36)/b2-1+/t20-/m0/s1. The molecule has 2 aliphatic heterocycles. The summed E-state index contributed by atoms with van der Waals surface area (Å²) in [5.41, 5.74) is 4.54. The van der Waals surface area contributed by atoms with Crippen LogP contribution in [0.3, 0.4) is 0 Å². The van der Waals surface area contributed by atoms with Gasteiger partial charge in [0.1, 0.15) is 6.04 Å². The second-order valence-electron chi connectivity index (χ2n) is 9.34. The highest BCUT2D eigenvalue weighted by Gasteiger charge is 2.47. The number of hydrogen-bond donors (Lipinski definition) is 2. The molecular formula is C28H23F2N5O3. The first-order chi connectivity index (χ1) is 18.2. The van der Waals surface area contributed by atoms with Gasteiger partial charge in [-0.15, -0.1) is 0 Å². The van der Waals surface area contributed by atoms with Crippen molar-refractivity contribution in [2.75, 3.05) is 18.4 Å². The van der Waals surface area contributed by atoms with Gasteiger partial charge in [0.2, 0.25) is 11.8 Å². The van der Waals surface area contributed by atoms with Crippen molar-refractivity contribution in [1.82, 2.24) is 15.2 Å². The number of aryl methyl sites for hydroxylation is 1. The van der Waals surface area contributed by atoms with Gasteiger partial charge in [-0.05, 0) is 53.4 Å². The molecule has 2 aromatic carbocycles. The number of nitriles is 1. The van der Waals surface area contributed by atoms with Crippen LogP contribution in [0.1, 0.15) is 39.9 Å². The predicted octanol–water partition coefficient (Wildman–Crippen LogP) is 3.78. The molecule has 0 unspecified atom stereocenters. The zero-order valence-corrected chi connectivity index (χ0v) is 20.2. The summed E-state index contributed by atoms with van der Waals surface area (Å²) in [4.78, 5) is 42.1. The average Bonchev–Trinajstić information content (AvgIpc) is 3.24. The number of nitrogens with one attached hydrogen (secondary N) is 2. The number of nitrogens with zero attached hydrogens (tertiary/aromatic N) is 3. The Balaban J connectivity index is 1.31. The quantitative estimate of drug-likeness (QED) is 0.502. The Bertz CT molecular complexity index is 1530. The molecule has 0 bridgehead atoms. The maximum absolute atomic E-state index is 13.7. The third-order valence-corrected chi connectivity index (χ3v) is 6.64. The van der Waals surface area contributed by atoms with Crippen molar-refractivity contribution in [3.8, 4) is 6.07 Å². The summed E-state index contributed by atoms with van der Waals surface area (Å²) in [6.45, 7) is -1.35. The smallest absolute Gasteiger partial charge is 0.268 e. The minimum absolute atomic E-state index is 0.0127. The Morgan fingerprint density at radius 1 is 1.16 bits per heavy atom. The molecular weight excluding hydrogens is 492 g/mol. The molecule has 0 spiro atoms. The normalized spacial score (nSPS) is 18.2. The highest BCUT2D eigenvalue weighted by Crippen LogP contribution is 2.31. The number of likely N-dealkylation sites (tertiary alicyclic amines) is 1. The molecule has 38 heavy (non-hydrogen) atoms. The lowest BCUT2D eigenvalue weighted by molar-refractivity contribution is -0.131. The van der Waals surface area contributed by atoms with Crippen LogP contribution in [0.15, 0.2) is 48.7 Å². The Hall–Kier alpha value is -4.65. The summed E-state index contributed by atoms with van der Waals surface area (Å²) in [7, 11) is 0. The lowest BCUT2D eigenvalue weighted by atomic mass is 9.99. The largest absolute Gasteiger partial charge is 0.343 e. The van der Waals surface area contributed by atoms with Crippen LogP contribution >= 0.6 is 0 Å². The van der Waals surface area contributed by atoms with Crippen LogP contribution in [0, 0.1) is 11.3 Å². The molecule has 0 saturated carbocycles. The zero-order chi connectivity index (χ0) is 26.9. The number of carbonyl (C=O) groups is 3. The number of alkyl halides is 2. The van der Waals surface area contributed by atoms with Crippen LogP contribution in [0.2, 0.25) is 0 Å². The summed E-state index contributed by atoms with van der Waals surface area (Å²) in [6, 6.07) is 13.3. The molecule has 5 rings (SSSR count). The number of hydrogen-bond acceptors (Lipinski definition) is 5. The minimum Gasteiger partial charge on any atom is -0.343 e. The predicted molar refractivity (Wildman–Crippen MR) is 137 cm³/mol. The molecule has 0 aliphatic carbocycles. The fourth-order valence-corrected chi connectivity index (χ4v) is 4.71. The fourth-order valence-electron chi connectivity index (χ4n) is 4.71. The molecule has 192 valence electrons. The number of amides is 3. The van der Waals surface area contributed by atoms with Crippen LogP contribution in [-0.4, -0.2) is 52.7 Å². The highest BCUT2D eigenvalue weighted by atomic mass is 19.3. The third-order valence-electron chi connectivity index (χ3n) is 6.64. The molecule has 2 aliphatic rings. The number of halogens is 2. The second kappa shape index (κ2) is 10.0. The average molecular weight is 516 g/mol. The van der Waals surface area contributed by atoms with Crippen molar-refractivity contribution >= 4 is 46.5 Å². The SMILES string of the molecule is N#C[C@@H]1CC(F)(F)CN1C(=O)CNC(=O)c1ccnc2ccc(/C=C/c3ccc4c(c3)CCC(=O)N4)cc12. The summed E-state index contributed by atoms with van der Waals surface area (Å²) in [6.07, 6.45) is 5.74. The maximum Gasteiger partial charge on any atom is 0.268 e. The highest BCUT2D eigenvalue weighted by molar-refractivity contribution is 6.07. The van der Waals surface area contributed by atoms with Crippen molar-refractivity contribution in [3.63, 3.8) is 0 Å². The first kappa shape index (κ1) is 25.0. The summed E-state index contributed by atoms with van der Waals surface area (Å²) in [5.74, 6) is -4.41. The third kappa shape index (κ3) is 5.22. The van der Waals surface area contributed by atoms with Crippen molar-refractivity contribution < 1.29 is 23.2 Å². The van der Waals surface area contributed by atoms with Gasteiger partial charge in [-0.3, -0.25) is 19.4 Å². The first-order valence-corrected chi connectivity index (χ1v) is 12.1. The number of carbonyl (C=O) groups excluding carboxylic acids is 3. The number of aromatic nitrogens is 1. The van der Waals surface area contributed by atoms with Gasteiger partial charge in [0, 0.05) is 30.1 Å². The van der Waals surface area contributed by atoms with Gasteiger partial charge in [0.15, 0.2) is 0 Å². The van der Waals surface area contributed by atoms with E-state index in [1.54, 1.807) is 18.2 Å². The topological polar surface area (TPSA) is 115 Å². The van der Waals surface area contributed by atoms with E-state index < -0.39 is 43.3 Å². The Labute approximate surface area is 217 Å². The van der Waals surface area contributed by atoms with Crippen LogP contribution in [0.5, 0.6) is 0 Å². The molecule has 2 N–H and O–H groups in total. The van der Waals surface area contributed by atoms with E-state index in [1.165, 1.54) is 12.3 Å². The molecule has 3 heterocycles. The molecule has 0 radical (unpaired) electrons. The van der Waals surface area contributed by atoms with E-state index >= 15 is 0 Å². The van der Waals surface area contributed by atoms with Crippen molar-refractivity contribution in [1.29, 1.82) is 5.26 Å². The van der Waals surface area contributed by atoms with Crippen molar-refractivity contribution in [2.45, 2.75) is 31.2 Å². The summed E-state index contributed by atoms with van der Waals surface area (Å²) < 4.78 is 27.3. The zero-order valence-electron chi connectivity index (χ0n) is 20.2. The van der Waals surface area contributed by atoms with E-state index in [-0.39, 0.29) is 11.5 Å². The van der Waals surface area contributed by atoms with Gasteiger partial charge < -0.3 is 15.5 Å². The number of anilines is 1. The van der Waals surface area contributed by atoms with Crippen molar-refractivity contribution in [2.24, 2.45) is 0 Å². The van der Waals surface area contributed by atoms with E-state index in [1.807, 2.05) is 36.4 Å². The molecule has 3 aromatic rings. The van der Waals surface area contributed by atoms with Gasteiger partial charge in [0.05, 0.1) is 30.2 Å². The fraction of sp³-hybridized carbons (Fsp3) is 0.250. The Kier molecular flexibility index (Phi) is 6.59. The molecule has 1 aromatic heterocycles. The molecule has 10 heteroatoms. The number of fused-ring (bicyclic) bond motifs is 2. The van der Waals surface area contributed by atoms with Crippen LogP contribution in [-0.2, 0) is 16.0 Å². The maximum atomic E-state index is 13.7. The van der Waals surface area contributed by atoms with Gasteiger partial charge in [-0.1, -0.05) is 24.3 Å². The van der Waals surface area contributed by atoms with E-state index in [0.29, 0.717) is 23.7 Å². The summed E-state index contributed by atoms with van der Waals surface area (Å²) >= 11 is 0. The Morgan fingerprint density at radius 3 is 2.71 bits per heavy atom. The summed E-state index contributed by atoms with van der Waals surface area (Å²) in [5, 5.41) is 15.0. The van der Waals surface area contributed by atoms with E-state index in [2.05, 4.69) is 15.6 Å². The van der Waals surface area contributed by atoms with Crippen LogP contribution in [0.4, 0.5) is 14.5 Å². The minimum atomic E-state index is -3.12. The van der Waals surface area contributed by atoms with Crippen LogP contribution < -0.4 is 10.6 Å². The van der Waals surface area contributed by atoms with E-state index in [0.717, 1.165) is 27.3 Å². The van der Waals surface area contributed by atoms with E-state index in [4.69, 9.17) is 5.26 Å². The monoisotopic (exact) mass is 515 g/mol. The molecule has 1 atom stereocenters. The molecule has 1 saturated heterocycles. The van der Waals surface area contributed by atoms with Gasteiger partial charge >= 0.3 is 0 Å². The van der Waals surface area contributed by atoms with Gasteiger partial charge in [-0.2, -0.15) is 5.26 Å². The van der Waals surface area contributed by atoms with Gasteiger partial charge in [-0.25, -0.2) is 8.78 Å². The number of rotatable bonds is 5. The lowest BCUT2D eigenvalue weighted by Crippen LogP contribution is -2.43. The number of benzene rings is 2. The lowest BCUT2D eigenvalue weighted by Gasteiger charge is -2.19. The van der Waals surface area contributed by atoms with Gasteiger partial charge in [0.25, 0.3) is 11.8 Å². The van der Waals surface area contributed by atoms with Crippen molar-refractivity contribution in [3.05, 3.63) is 70.9 Å². The number of pyridine rings is 1. The molecule has 3 amide bonds. The second-order valence-corrected chi connectivity index (χ2v) is 9.34.